The van der Waals surface area contributed by atoms with Crippen LogP contribution in [0.5, 0.6) is 5.75 Å². The van der Waals surface area contributed by atoms with Gasteiger partial charge < -0.3 is 9.47 Å². The number of anilines is 1. The van der Waals surface area contributed by atoms with E-state index in [2.05, 4.69) is 11.8 Å². The second-order valence-electron chi connectivity index (χ2n) is 7.72. The van der Waals surface area contributed by atoms with Crippen molar-refractivity contribution in [2.24, 2.45) is 0 Å². The van der Waals surface area contributed by atoms with Gasteiger partial charge in [-0.15, -0.1) is 0 Å². The van der Waals surface area contributed by atoms with E-state index in [0.717, 1.165) is 61.7 Å². The molecule has 0 atom stereocenters. The predicted octanol–water partition coefficient (Wildman–Crippen LogP) is 5.11. The molecule has 0 bridgehead atoms. The summed E-state index contributed by atoms with van der Waals surface area (Å²) in [6.07, 6.45) is 2.09. The molecule has 0 saturated carbocycles. The maximum atomic E-state index is 13.5. The molecule has 2 aromatic carbocycles. The van der Waals surface area contributed by atoms with Crippen LogP contribution in [0.4, 0.5) is 5.13 Å². The lowest BCUT2D eigenvalue weighted by atomic mass is 10.2. The van der Waals surface area contributed by atoms with Gasteiger partial charge in [0.2, 0.25) is 0 Å². The topological polar surface area (TPSA) is 54.9 Å². The van der Waals surface area contributed by atoms with Gasteiger partial charge in [0.25, 0.3) is 5.91 Å². The van der Waals surface area contributed by atoms with Crippen molar-refractivity contribution >= 4 is 44.2 Å². The minimum Gasteiger partial charge on any atom is -0.494 e. The van der Waals surface area contributed by atoms with Crippen LogP contribution in [-0.4, -0.2) is 61.8 Å². The molecule has 0 aliphatic carbocycles. The van der Waals surface area contributed by atoms with Gasteiger partial charge in [-0.3, -0.25) is 14.6 Å². The van der Waals surface area contributed by atoms with Crippen LogP contribution in [-0.2, 0) is 4.74 Å². The van der Waals surface area contributed by atoms with Gasteiger partial charge in [0.15, 0.2) is 5.13 Å². The highest BCUT2D eigenvalue weighted by Crippen LogP contribution is 2.33. The lowest BCUT2D eigenvalue weighted by Gasteiger charge is -2.29. The molecular weight excluding hydrogens is 446 g/mol. The summed E-state index contributed by atoms with van der Waals surface area (Å²) in [4.78, 5) is 22.3. The van der Waals surface area contributed by atoms with Crippen LogP contribution < -0.4 is 9.64 Å². The third-order valence-corrected chi connectivity index (χ3v) is 6.79. The van der Waals surface area contributed by atoms with Gasteiger partial charge in [-0.05, 0) is 42.8 Å². The zero-order chi connectivity index (χ0) is 22.3. The normalized spacial score (nSPS) is 14.6. The molecule has 0 unspecified atom stereocenters. The fraction of sp³-hybridized carbons (Fsp3) is 0.417. The largest absolute Gasteiger partial charge is 0.494 e. The highest BCUT2D eigenvalue weighted by molar-refractivity contribution is 7.22. The Hall–Kier alpha value is -2.19. The van der Waals surface area contributed by atoms with Gasteiger partial charge >= 0.3 is 0 Å². The number of halogens is 1. The lowest BCUT2D eigenvalue weighted by molar-refractivity contribution is 0.0391. The number of benzene rings is 2. The smallest absolute Gasteiger partial charge is 0.260 e. The first kappa shape index (κ1) is 23.0. The van der Waals surface area contributed by atoms with Crippen LogP contribution in [0.15, 0.2) is 42.5 Å². The van der Waals surface area contributed by atoms with Crippen molar-refractivity contribution in [3.63, 3.8) is 0 Å². The number of ether oxygens (including phenoxy) is 2. The van der Waals surface area contributed by atoms with Crippen molar-refractivity contribution < 1.29 is 14.3 Å². The molecule has 0 N–H and O–H groups in total. The summed E-state index contributed by atoms with van der Waals surface area (Å²) in [6, 6.07) is 13.1. The summed E-state index contributed by atoms with van der Waals surface area (Å²) >= 11 is 7.83. The molecule has 32 heavy (non-hydrogen) atoms. The van der Waals surface area contributed by atoms with E-state index in [4.69, 9.17) is 26.1 Å². The van der Waals surface area contributed by atoms with E-state index in [-0.39, 0.29) is 5.91 Å². The standard InChI is InChI=1S/C24H28ClN3O3S/c1-2-3-15-31-19-9-7-18(8-10-19)23(29)28(12-11-27-13-16-30-17-14-27)24-26-22-20(25)5-4-6-21(22)32-24/h4-10H,2-3,11-17H2,1H3. The molecule has 8 heteroatoms. The number of amides is 1. The molecule has 3 aromatic rings. The first-order valence-corrected chi connectivity index (χ1v) is 12.2. The highest BCUT2D eigenvalue weighted by atomic mass is 35.5. The molecule has 1 fully saturated rings. The molecule has 170 valence electrons. The number of morpholine rings is 1. The molecule has 6 nitrogen and oxygen atoms in total. The van der Waals surface area contributed by atoms with Crippen LogP contribution in [0.1, 0.15) is 30.1 Å². The van der Waals surface area contributed by atoms with Gasteiger partial charge in [0, 0.05) is 31.7 Å². The summed E-state index contributed by atoms with van der Waals surface area (Å²) in [7, 11) is 0. The monoisotopic (exact) mass is 473 g/mol. The Labute approximate surface area is 197 Å². The van der Waals surface area contributed by atoms with E-state index in [1.807, 2.05) is 42.5 Å². The van der Waals surface area contributed by atoms with E-state index in [1.54, 1.807) is 4.90 Å². The van der Waals surface area contributed by atoms with Crippen molar-refractivity contribution in [1.29, 1.82) is 0 Å². The SMILES string of the molecule is CCCCOc1ccc(C(=O)N(CCN2CCOCC2)c2nc3c(Cl)cccc3s2)cc1. The highest BCUT2D eigenvalue weighted by Gasteiger charge is 2.23. The average Bonchev–Trinajstić information content (AvgIpc) is 3.26. The molecule has 2 heterocycles. The van der Waals surface area contributed by atoms with Crippen molar-refractivity contribution in [2.75, 3.05) is 50.9 Å². The Balaban J connectivity index is 1.55. The number of rotatable bonds is 9. The number of carbonyl (C=O) groups excluding carboxylic acids is 1. The molecule has 4 rings (SSSR count). The number of fused-ring (bicyclic) bond motifs is 1. The quantitative estimate of drug-likeness (QED) is 0.404. The second-order valence-corrected chi connectivity index (χ2v) is 9.14. The molecule has 1 aromatic heterocycles. The molecule has 1 amide bonds. The number of unbranched alkanes of at least 4 members (excludes halogenated alkanes) is 1. The van der Waals surface area contributed by atoms with Gasteiger partial charge in [-0.25, -0.2) is 4.98 Å². The molecule has 1 aliphatic heterocycles. The fourth-order valence-corrected chi connectivity index (χ4v) is 4.84. The zero-order valence-corrected chi connectivity index (χ0v) is 19.8. The Morgan fingerprint density at radius 1 is 1.22 bits per heavy atom. The number of nitrogens with zero attached hydrogens (tertiary/aromatic N) is 3. The minimum absolute atomic E-state index is 0.0754. The number of hydrogen-bond donors (Lipinski definition) is 0. The second kappa shape index (κ2) is 11.1. The maximum absolute atomic E-state index is 13.5. The van der Waals surface area contributed by atoms with E-state index in [0.29, 0.717) is 28.9 Å². The summed E-state index contributed by atoms with van der Waals surface area (Å²) < 4.78 is 12.2. The Morgan fingerprint density at radius 2 is 2.00 bits per heavy atom. The summed E-state index contributed by atoms with van der Waals surface area (Å²) in [6.45, 7) is 7.32. The predicted molar refractivity (Wildman–Crippen MR) is 130 cm³/mol. The van der Waals surface area contributed by atoms with Crippen LogP contribution in [0.2, 0.25) is 5.02 Å². The number of hydrogen-bond acceptors (Lipinski definition) is 6. The van der Waals surface area contributed by atoms with E-state index in [9.17, 15) is 4.79 Å². The van der Waals surface area contributed by atoms with Gasteiger partial charge in [0.1, 0.15) is 11.3 Å². The van der Waals surface area contributed by atoms with Gasteiger partial charge in [-0.1, -0.05) is 42.3 Å². The average molecular weight is 474 g/mol. The van der Waals surface area contributed by atoms with E-state index < -0.39 is 0 Å². The third-order valence-electron chi connectivity index (χ3n) is 5.45. The van der Waals surface area contributed by atoms with Crippen molar-refractivity contribution in [1.82, 2.24) is 9.88 Å². The minimum atomic E-state index is -0.0754. The number of thiazole rings is 1. The lowest BCUT2D eigenvalue weighted by Crippen LogP contribution is -2.43. The van der Waals surface area contributed by atoms with Crippen molar-refractivity contribution in [2.45, 2.75) is 19.8 Å². The van der Waals surface area contributed by atoms with Crippen molar-refractivity contribution in [3.8, 4) is 5.75 Å². The Kier molecular flexibility index (Phi) is 7.97. The fourth-order valence-electron chi connectivity index (χ4n) is 3.55. The number of aromatic nitrogens is 1. The van der Waals surface area contributed by atoms with Crippen molar-refractivity contribution in [3.05, 3.63) is 53.1 Å². The van der Waals surface area contributed by atoms with E-state index >= 15 is 0 Å². The molecule has 0 spiro atoms. The summed E-state index contributed by atoms with van der Waals surface area (Å²) in [5.41, 5.74) is 1.35. The molecule has 1 aliphatic rings. The summed E-state index contributed by atoms with van der Waals surface area (Å²) in [5, 5.41) is 1.26. The Bertz CT molecular complexity index is 1030. The van der Waals surface area contributed by atoms with Crippen LogP contribution in [0.25, 0.3) is 10.2 Å². The summed E-state index contributed by atoms with van der Waals surface area (Å²) in [5.74, 6) is 0.704. The van der Waals surface area contributed by atoms with E-state index in [1.165, 1.54) is 11.3 Å². The van der Waals surface area contributed by atoms with Crippen LogP contribution >= 0.6 is 22.9 Å². The van der Waals surface area contributed by atoms with Gasteiger partial charge in [0.05, 0.1) is 29.5 Å². The van der Waals surface area contributed by atoms with Crippen LogP contribution in [0, 0.1) is 0 Å². The first-order chi connectivity index (χ1) is 15.7. The van der Waals surface area contributed by atoms with Crippen LogP contribution in [0.3, 0.4) is 0 Å². The number of carbonyl (C=O) groups is 1. The first-order valence-electron chi connectivity index (χ1n) is 11.1. The molecular formula is C24H28ClN3O3S. The molecule has 1 saturated heterocycles. The molecule has 0 radical (unpaired) electrons. The van der Waals surface area contributed by atoms with Gasteiger partial charge in [-0.2, -0.15) is 0 Å². The number of para-hydroxylation sites is 1. The Morgan fingerprint density at radius 3 is 2.72 bits per heavy atom. The zero-order valence-electron chi connectivity index (χ0n) is 18.3. The third kappa shape index (κ3) is 5.59. The maximum Gasteiger partial charge on any atom is 0.260 e.